The van der Waals surface area contributed by atoms with Crippen molar-refractivity contribution in [1.82, 2.24) is 0 Å². The van der Waals surface area contributed by atoms with Crippen molar-refractivity contribution >= 4 is 23.1 Å². The summed E-state index contributed by atoms with van der Waals surface area (Å²) in [5.74, 6) is -0.633. The van der Waals surface area contributed by atoms with Crippen LogP contribution in [0.4, 0.5) is 0 Å². The molecule has 4 N–H and O–H groups in total. The van der Waals surface area contributed by atoms with Crippen LogP contribution in [-0.4, -0.2) is 31.9 Å². The number of hydrogen-bond donors (Lipinski definition) is 4. The zero-order valence-electron chi connectivity index (χ0n) is 8.97. The van der Waals surface area contributed by atoms with Crippen molar-refractivity contribution < 1.29 is 33.3 Å². The van der Waals surface area contributed by atoms with Crippen molar-refractivity contribution in [2.24, 2.45) is 5.92 Å². The molecular formula is C7H15O7P3. The Balaban J connectivity index is 4.11. The molecule has 0 aromatic heterocycles. The van der Waals surface area contributed by atoms with Gasteiger partial charge in [0.1, 0.15) is 0 Å². The molecule has 10 heteroatoms. The molecule has 100 valence electrons. The van der Waals surface area contributed by atoms with E-state index in [1.807, 2.05) is 0 Å². The SMILES string of the molecule is O=P#CC(CCCCP(=O)(O)O)CP(=O)(O)O. The van der Waals surface area contributed by atoms with E-state index in [1.54, 1.807) is 0 Å². The zero-order chi connectivity index (χ0) is 13.5. The van der Waals surface area contributed by atoms with Gasteiger partial charge < -0.3 is 0 Å². The van der Waals surface area contributed by atoms with E-state index in [1.165, 1.54) is 0 Å². The molecule has 1 atom stereocenters. The Morgan fingerprint density at radius 1 is 1.06 bits per heavy atom. The Kier molecular flexibility index (Phi) is 7.82. The average molecular weight is 304 g/mol. The van der Waals surface area contributed by atoms with Gasteiger partial charge in [-0.05, 0) is 0 Å². The van der Waals surface area contributed by atoms with E-state index in [2.05, 4.69) is 5.63 Å². The summed E-state index contributed by atoms with van der Waals surface area (Å²) in [6, 6.07) is 0. The Morgan fingerprint density at radius 3 is 2.06 bits per heavy atom. The van der Waals surface area contributed by atoms with E-state index in [-0.39, 0.29) is 12.6 Å². The minimum absolute atomic E-state index is 0.249. The molecule has 0 fully saturated rings. The van der Waals surface area contributed by atoms with E-state index in [0.29, 0.717) is 12.8 Å². The molecule has 7 nitrogen and oxygen atoms in total. The number of hydrogen-bond acceptors (Lipinski definition) is 3. The molecule has 1 unspecified atom stereocenters. The summed E-state index contributed by atoms with van der Waals surface area (Å²) in [5.41, 5.74) is 2.37. The second-order valence-corrected chi connectivity index (χ2v) is 7.56. The van der Waals surface area contributed by atoms with Gasteiger partial charge in [0, 0.05) is 0 Å². The van der Waals surface area contributed by atoms with Gasteiger partial charge in [0.05, 0.1) is 0 Å². The molecular weight excluding hydrogens is 289 g/mol. The van der Waals surface area contributed by atoms with Gasteiger partial charge >= 0.3 is 99.5 Å². The molecule has 0 aromatic rings. The Labute approximate surface area is 100 Å². The summed E-state index contributed by atoms with van der Waals surface area (Å²) >= 11 is 0. The first-order chi connectivity index (χ1) is 7.64. The first kappa shape index (κ1) is 17.3. The van der Waals surface area contributed by atoms with Crippen molar-refractivity contribution in [1.29, 1.82) is 0 Å². The summed E-state index contributed by atoms with van der Waals surface area (Å²) in [5, 5.41) is 0. The van der Waals surface area contributed by atoms with Crippen LogP contribution in [0.1, 0.15) is 19.3 Å². The van der Waals surface area contributed by atoms with E-state index >= 15 is 0 Å². The van der Waals surface area contributed by atoms with E-state index in [4.69, 9.17) is 19.6 Å². The molecule has 0 rings (SSSR count). The van der Waals surface area contributed by atoms with Crippen molar-refractivity contribution in [2.45, 2.75) is 19.3 Å². The third kappa shape index (κ3) is 12.6. The maximum absolute atomic E-state index is 10.7. The monoisotopic (exact) mass is 304 g/mol. The van der Waals surface area contributed by atoms with Crippen LogP contribution in [-0.2, 0) is 13.7 Å². The summed E-state index contributed by atoms with van der Waals surface area (Å²) < 4.78 is 31.6. The van der Waals surface area contributed by atoms with Crippen molar-refractivity contribution in [2.75, 3.05) is 12.3 Å². The first-order valence-corrected chi connectivity index (χ1v) is 9.22. The van der Waals surface area contributed by atoms with Crippen molar-refractivity contribution in [3.05, 3.63) is 0 Å². The molecule has 0 bridgehead atoms. The van der Waals surface area contributed by atoms with Gasteiger partial charge in [-0.2, -0.15) is 0 Å². The van der Waals surface area contributed by atoms with Gasteiger partial charge in [0.2, 0.25) is 0 Å². The molecule has 0 saturated heterocycles. The van der Waals surface area contributed by atoms with E-state index in [9.17, 15) is 13.7 Å². The Morgan fingerprint density at radius 2 is 1.65 bits per heavy atom. The fourth-order valence-corrected chi connectivity index (χ4v) is 3.26. The van der Waals surface area contributed by atoms with Crippen LogP contribution in [0.25, 0.3) is 0 Å². The molecule has 0 radical (unpaired) electrons. The van der Waals surface area contributed by atoms with E-state index < -0.39 is 35.2 Å². The van der Waals surface area contributed by atoms with Gasteiger partial charge in [-0.3, -0.25) is 0 Å². The van der Waals surface area contributed by atoms with Gasteiger partial charge in [0.25, 0.3) is 0 Å². The summed E-state index contributed by atoms with van der Waals surface area (Å²) in [4.78, 5) is 34.7. The van der Waals surface area contributed by atoms with Crippen LogP contribution in [0, 0.1) is 11.5 Å². The zero-order valence-corrected chi connectivity index (χ0v) is 11.7. The fourth-order valence-electron chi connectivity index (χ4n) is 1.27. The fraction of sp³-hybridized carbons (Fsp3) is 0.857. The second-order valence-electron chi connectivity index (χ2n) is 3.65. The first-order valence-electron chi connectivity index (χ1n) is 4.81. The predicted molar refractivity (Wildman–Crippen MR) is 62.7 cm³/mol. The van der Waals surface area contributed by atoms with Gasteiger partial charge in [-0.25, -0.2) is 0 Å². The van der Waals surface area contributed by atoms with Crippen LogP contribution in [0.5, 0.6) is 0 Å². The molecule has 0 aliphatic rings. The Bertz CT molecular complexity index is 416. The van der Waals surface area contributed by atoms with E-state index in [0.717, 1.165) is 0 Å². The summed E-state index contributed by atoms with van der Waals surface area (Å²) in [7, 11) is -8.64. The molecule has 0 saturated carbocycles. The molecule has 0 amide bonds. The minimum atomic E-state index is -4.19. The Hall–Kier alpha value is 0.310. The number of rotatable bonds is 7. The van der Waals surface area contributed by atoms with Crippen LogP contribution >= 0.6 is 23.1 Å². The third-order valence-corrected chi connectivity index (χ3v) is 4.23. The van der Waals surface area contributed by atoms with Crippen LogP contribution in [0.3, 0.4) is 0 Å². The van der Waals surface area contributed by atoms with Crippen LogP contribution < -0.4 is 0 Å². The molecule has 17 heavy (non-hydrogen) atoms. The van der Waals surface area contributed by atoms with Crippen LogP contribution in [0.2, 0.25) is 0 Å². The molecule has 0 aliphatic heterocycles. The van der Waals surface area contributed by atoms with Gasteiger partial charge in [0.15, 0.2) is 0 Å². The topological polar surface area (TPSA) is 132 Å². The van der Waals surface area contributed by atoms with Gasteiger partial charge in [-0.15, -0.1) is 0 Å². The third-order valence-electron chi connectivity index (χ3n) is 1.95. The molecule has 0 spiro atoms. The van der Waals surface area contributed by atoms with Gasteiger partial charge in [-0.1, -0.05) is 0 Å². The second kappa shape index (κ2) is 7.68. The van der Waals surface area contributed by atoms with Crippen molar-refractivity contribution in [3.63, 3.8) is 0 Å². The standard InChI is InChI=1S/C7H15O7P3/c8-15-5-7(6-17(12,13)14)3-1-2-4-16(9,10)11/h7H,1-4,6H2,(H2,9,10,11)(H2,12,13,14). The maximum atomic E-state index is 10.7. The summed E-state index contributed by atoms with van der Waals surface area (Å²) in [6.45, 7) is 0. The predicted octanol–water partition coefficient (Wildman–Crippen LogP) is 1.38. The van der Waals surface area contributed by atoms with Crippen LogP contribution in [0.15, 0.2) is 0 Å². The molecule has 0 aliphatic carbocycles. The summed E-state index contributed by atoms with van der Waals surface area (Å²) in [6.07, 6.45) is 0.223. The quantitative estimate of drug-likeness (QED) is 0.412. The van der Waals surface area contributed by atoms with Crippen molar-refractivity contribution in [3.8, 4) is 5.63 Å². The molecule has 0 aromatic carbocycles. The number of unbranched alkanes of at least 4 members (excludes halogenated alkanes) is 1. The molecule has 0 heterocycles. The normalized spacial score (nSPS) is 14.1. The average Bonchev–Trinajstić information content (AvgIpc) is 2.08.